The summed E-state index contributed by atoms with van der Waals surface area (Å²) in [6.45, 7) is 2.16. The second kappa shape index (κ2) is 6.83. The lowest BCUT2D eigenvalue weighted by molar-refractivity contribution is 0.516. The van der Waals surface area contributed by atoms with Crippen LogP contribution in [0.4, 0.5) is 5.69 Å². The molecule has 112 valence electrons. The number of benzene rings is 1. The van der Waals surface area contributed by atoms with Crippen molar-refractivity contribution in [3.63, 3.8) is 0 Å². The van der Waals surface area contributed by atoms with E-state index >= 15 is 0 Å². The van der Waals surface area contributed by atoms with E-state index in [0.29, 0.717) is 22.4 Å². The van der Waals surface area contributed by atoms with Gasteiger partial charge >= 0.3 is 0 Å². The molecule has 1 aromatic carbocycles. The average Bonchev–Trinajstić information content (AvgIpc) is 2.42. The summed E-state index contributed by atoms with van der Waals surface area (Å²) in [5.41, 5.74) is 6.65. The van der Waals surface area contributed by atoms with E-state index in [1.54, 1.807) is 36.9 Å². The van der Waals surface area contributed by atoms with Gasteiger partial charge in [-0.3, -0.25) is 0 Å². The van der Waals surface area contributed by atoms with E-state index in [4.69, 9.17) is 5.73 Å². The zero-order valence-corrected chi connectivity index (χ0v) is 13.4. The van der Waals surface area contributed by atoms with E-state index in [1.165, 1.54) is 32.1 Å². The molecule has 0 bridgehead atoms. The number of sulfonamides is 1. The first-order valence-electron chi connectivity index (χ1n) is 7.09. The standard InChI is InChI=1S/C14H22N2O2S2/c1-2-16-20(17,18)12-8-9-13(15)14(10-12)19-11-6-4-3-5-7-11/h8-11,16H,2-7,15H2,1H3. The number of anilines is 1. The van der Waals surface area contributed by atoms with Crippen molar-refractivity contribution in [2.75, 3.05) is 12.3 Å². The van der Waals surface area contributed by atoms with Gasteiger partial charge in [0.2, 0.25) is 10.0 Å². The minimum atomic E-state index is -3.41. The van der Waals surface area contributed by atoms with Crippen molar-refractivity contribution in [2.45, 2.75) is 54.1 Å². The highest BCUT2D eigenvalue weighted by Gasteiger charge is 2.18. The average molecular weight is 314 g/mol. The monoisotopic (exact) mass is 314 g/mol. The number of hydrogen-bond acceptors (Lipinski definition) is 4. The Morgan fingerprint density at radius 1 is 1.30 bits per heavy atom. The molecule has 0 aliphatic heterocycles. The summed E-state index contributed by atoms with van der Waals surface area (Å²) in [6.07, 6.45) is 6.20. The fourth-order valence-electron chi connectivity index (χ4n) is 2.42. The van der Waals surface area contributed by atoms with Crippen LogP contribution in [-0.4, -0.2) is 20.2 Å². The van der Waals surface area contributed by atoms with Crippen molar-refractivity contribution in [1.82, 2.24) is 4.72 Å². The molecule has 0 amide bonds. The van der Waals surface area contributed by atoms with Crippen molar-refractivity contribution in [3.8, 4) is 0 Å². The molecule has 2 rings (SSSR count). The molecule has 0 radical (unpaired) electrons. The maximum atomic E-state index is 12.0. The Morgan fingerprint density at radius 3 is 2.65 bits per heavy atom. The van der Waals surface area contributed by atoms with Gasteiger partial charge in [-0.1, -0.05) is 26.2 Å². The summed E-state index contributed by atoms with van der Waals surface area (Å²) in [5, 5.41) is 0.558. The lowest BCUT2D eigenvalue weighted by Gasteiger charge is -2.21. The Hall–Kier alpha value is -0.720. The van der Waals surface area contributed by atoms with Gasteiger partial charge in [-0.05, 0) is 31.0 Å². The Bertz CT molecular complexity index is 552. The molecule has 1 saturated carbocycles. The second-order valence-corrected chi connectivity index (χ2v) is 8.19. The first-order chi connectivity index (χ1) is 9.53. The van der Waals surface area contributed by atoms with Gasteiger partial charge in [0, 0.05) is 22.4 Å². The fourth-order valence-corrected chi connectivity index (χ4v) is 4.89. The summed E-state index contributed by atoms with van der Waals surface area (Å²) in [4.78, 5) is 1.18. The quantitative estimate of drug-likeness (QED) is 0.820. The molecule has 20 heavy (non-hydrogen) atoms. The predicted octanol–water partition coefficient (Wildman–Crippen LogP) is 2.99. The first-order valence-corrected chi connectivity index (χ1v) is 9.45. The smallest absolute Gasteiger partial charge is 0.240 e. The summed E-state index contributed by atoms with van der Waals surface area (Å²) in [6, 6.07) is 4.96. The molecule has 0 heterocycles. The zero-order chi connectivity index (χ0) is 14.6. The van der Waals surface area contributed by atoms with Gasteiger partial charge in [0.15, 0.2) is 0 Å². The van der Waals surface area contributed by atoms with Crippen LogP contribution in [0.25, 0.3) is 0 Å². The molecule has 0 saturated heterocycles. The number of nitrogens with one attached hydrogen (secondary N) is 1. The Balaban J connectivity index is 2.20. The van der Waals surface area contributed by atoms with Crippen LogP contribution in [0.15, 0.2) is 28.0 Å². The molecule has 1 aliphatic rings. The Kier molecular flexibility index (Phi) is 5.35. The molecule has 3 N–H and O–H groups in total. The summed E-state index contributed by atoms with van der Waals surface area (Å²) in [7, 11) is -3.41. The number of hydrogen-bond donors (Lipinski definition) is 2. The highest BCUT2D eigenvalue weighted by molar-refractivity contribution is 8.00. The van der Waals surface area contributed by atoms with Crippen molar-refractivity contribution in [1.29, 1.82) is 0 Å². The molecule has 6 heteroatoms. The first kappa shape index (κ1) is 15.7. The minimum absolute atomic E-state index is 0.298. The SMILES string of the molecule is CCNS(=O)(=O)c1ccc(N)c(SC2CCCCC2)c1. The summed E-state index contributed by atoms with van der Waals surface area (Å²) >= 11 is 1.72. The van der Waals surface area contributed by atoms with Gasteiger partial charge in [0.25, 0.3) is 0 Å². The fraction of sp³-hybridized carbons (Fsp3) is 0.571. The molecule has 1 aromatic rings. The molecular formula is C14H22N2O2S2. The van der Waals surface area contributed by atoms with Crippen molar-refractivity contribution < 1.29 is 8.42 Å². The van der Waals surface area contributed by atoms with Crippen LogP contribution in [0, 0.1) is 0 Å². The minimum Gasteiger partial charge on any atom is -0.398 e. The van der Waals surface area contributed by atoms with Crippen molar-refractivity contribution in [3.05, 3.63) is 18.2 Å². The third kappa shape index (κ3) is 3.90. The van der Waals surface area contributed by atoms with Crippen LogP contribution in [0.5, 0.6) is 0 Å². The van der Waals surface area contributed by atoms with Crippen LogP contribution >= 0.6 is 11.8 Å². The van der Waals surface area contributed by atoms with Crippen LogP contribution in [0.3, 0.4) is 0 Å². The number of thioether (sulfide) groups is 1. The van der Waals surface area contributed by atoms with Crippen LogP contribution < -0.4 is 10.5 Å². The van der Waals surface area contributed by atoms with E-state index in [9.17, 15) is 8.42 Å². The number of nitrogen functional groups attached to an aromatic ring is 1. The van der Waals surface area contributed by atoms with Crippen LogP contribution in [0.2, 0.25) is 0 Å². The Labute approximate surface area is 125 Å². The normalized spacial score (nSPS) is 17.2. The molecule has 4 nitrogen and oxygen atoms in total. The van der Waals surface area contributed by atoms with Crippen LogP contribution in [0.1, 0.15) is 39.0 Å². The molecule has 0 atom stereocenters. The number of nitrogens with two attached hydrogens (primary N) is 1. The van der Waals surface area contributed by atoms with Gasteiger partial charge in [0.1, 0.15) is 0 Å². The molecule has 0 spiro atoms. The topological polar surface area (TPSA) is 72.2 Å². The zero-order valence-electron chi connectivity index (χ0n) is 11.8. The van der Waals surface area contributed by atoms with E-state index in [0.717, 1.165) is 4.90 Å². The number of rotatable bonds is 5. The van der Waals surface area contributed by atoms with Crippen molar-refractivity contribution >= 4 is 27.5 Å². The third-order valence-corrected chi connectivity index (χ3v) is 6.43. The predicted molar refractivity (Wildman–Crippen MR) is 84.4 cm³/mol. The molecule has 1 fully saturated rings. The highest BCUT2D eigenvalue weighted by Crippen LogP contribution is 2.37. The van der Waals surface area contributed by atoms with Gasteiger partial charge in [-0.15, -0.1) is 11.8 Å². The van der Waals surface area contributed by atoms with E-state index in [1.807, 2.05) is 0 Å². The van der Waals surface area contributed by atoms with E-state index in [-0.39, 0.29) is 0 Å². The molecule has 0 aromatic heterocycles. The van der Waals surface area contributed by atoms with Crippen LogP contribution in [-0.2, 0) is 10.0 Å². The lowest BCUT2D eigenvalue weighted by atomic mass is 10.0. The van der Waals surface area contributed by atoms with E-state index in [2.05, 4.69) is 4.72 Å². The largest absolute Gasteiger partial charge is 0.398 e. The lowest BCUT2D eigenvalue weighted by Crippen LogP contribution is -2.23. The van der Waals surface area contributed by atoms with Gasteiger partial charge in [-0.2, -0.15) is 0 Å². The molecular weight excluding hydrogens is 292 g/mol. The molecule has 1 aliphatic carbocycles. The highest BCUT2D eigenvalue weighted by atomic mass is 32.2. The van der Waals surface area contributed by atoms with Crippen molar-refractivity contribution in [2.24, 2.45) is 0 Å². The van der Waals surface area contributed by atoms with Gasteiger partial charge in [-0.25, -0.2) is 13.1 Å². The summed E-state index contributed by atoms with van der Waals surface area (Å²) < 4.78 is 26.6. The third-order valence-electron chi connectivity index (χ3n) is 3.48. The van der Waals surface area contributed by atoms with E-state index < -0.39 is 10.0 Å². The molecule has 0 unspecified atom stereocenters. The summed E-state index contributed by atoms with van der Waals surface area (Å²) in [5.74, 6) is 0. The Morgan fingerprint density at radius 2 is 2.00 bits per heavy atom. The van der Waals surface area contributed by atoms with Gasteiger partial charge < -0.3 is 5.73 Å². The second-order valence-electron chi connectivity index (χ2n) is 5.08. The maximum Gasteiger partial charge on any atom is 0.240 e. The maximum absolute atomic E-state index is 12.0. The van der Waals surface area contributed by atoms with Gasteiger partial charge in [0.05, 0.1) is 4.90 Å².